The Morgan fingerprint density at radius 1 is 1.25 bits per heavy atom. The first-order valence-electron chi connectivity index (χ1n) is 6.48. The third kappa shape index (κ3) is 3.05. The van der Waals surface area contributed by atoms with Gasteiger partial charge in [0, 0.05) is 22.0 Å². The van der Waals surface area contributed by atoms with Crippen LogP contribution in [0.4, 0.5) is 5.69 Å². The topological polar surface area (TPSA) is 63.4 Å². The largest absolute Gasteiger partial charge is 0.398 e. The number of hydrogen-bond acceptors (Lipinski definition) is 3. The van der Waals surface area contributed by atoms with Gasteiger partial charge in [-0.15, -0.1) is 0 Å². The summed E-state index contributed by atoms with van der Waals surface area (Å²) in [5.41, 5.74) is 6.17. The van der Waals surface area contributed by atoms with E-state index in [4.69, 9.17) is 5.73 Å². The molecule has 1 saturated heterocycles. The van der Waals surface area contributed by atoms with Crippen molar-refractivity contribution in [2.45, 2.75) is 25.2 Å². The Balaban J connectivity index is 2.41. The van der Waals surface area contributed by atoms with Crippen molar-refractivity contribution in [2.75, 3.05) is 18.8 Å². The van der Waals surface area contributed by atoms with E-state index in [1.54, 1.807) is 16.4 Å². The van der Waals surface area contributed by atoms with Crippen molar-refractivity contribution in [1.29, 1.82) is 0 Å². The molecule has 0 amide bonds. The van der Waals surface area contributed by atoms with Gasteiger partial charge >= 0.3 is 0 Å². The molecule has 1 heterocycles. The van der Waals surface area contributed by atoms with E-state index in [1.165, 1.54) is 0 Å². The molecule has 2 N–H and O–H groups in total. The van der Waals surface area contributed by atoms with Crippen molar-refractivity contribution in [1.82, 2.24) is 4.31 Å². The van der Waals surface area contributed by atoms with Crippen molar-refractivity contribution in [2.24, 2.45) is 11.8 Å². The number of anilines is 1. The zero-order chi connectivity index (χ0) is 15.1. The van der Waals surface area contributed by atoms with Gasteiger partial charge in [-0.05, 0) is 46.3 Å². The normalized spacial score (nSPS) is 24.8. The number of nitrogens with two attached hydrogens (primary N) is 1. The van der Waals surface area contributed by atoms with Gasteiger partial charge in [0.15, 0.2) is 0 Å². The second kappa shape index (κ2) is 5.94. The van der Waals surface area contributed by atoms with Crippen LogP contribution in [0, 0.1) is 11.8 Å². The first-order chi connectivity index (χ1) is 9.23. The number of rotatable bonds is 2. The molecule has 0 spiro atoms. The maximum atomic E-state index is 12.8. The van der Waals surface area contributed by atoms with Gasteiger partial charge < -0.3 is 5.73 Å². The van der Waals surface area contributed by atoms with Crippen molar-refractivity contribution >= 4 is 47.6 Å². The fourth-order valence-corrected chi connectivity index (χ4v) is 5.99. The average molecular weight is 426 g/mol. The van der Waals surface area contributed by atoms with E-state index >= 15 is 0 Å². The Morgan fingerprint density at radius 3 is 2.45 bits per heavy atom. The molecule has 0 radical (unpaired) electrons. The molecule has 2 rings (SSSR count). The van der Waals surface area contributed by atoms with Gasteiger partial charge in [0.25, 0.3) is 0 Å². The minimum Gasteiger partial charge on any atom is -0.398 e. The summed E-state index contributed by atoms with van der Waals surface area (Å²) in [5.74, 6) is 0.904. The molecule has 2 atom stereocenters. The Hall–Kier alpha value is -0.110. The number of sulfonamides is 1. The third-order valence-corrected chi connectivity index (χ3v) is 7.26. The van der Waals surface area contributed by atoms with Crippen LogP contribution < -0.4 is 5.73 Å². The predicted molar refractivity (Wildman–Crippen MR) is 88.0 cm³/mol. The van der Waals surface area contributed by atoms with Crippen molar-refractivity contribution in [3.8, 4) is 0 Å². The lowest BCUT2D eigenvalue weighted by Gasteiger charge is -2.34. The van der Waals surface area contributed by atoms with Crippen LogP contribution in [0.25, 0.3) is 0 Å². The van der Waals surface area contributed by atoms with Gasteiger partial charge in [0.2, 0.25) is 10.0 Å². The summed E-state index contributed by atoms with van der Waals surface area (Å²) in [7, 11) is -3.56. The summed E-state index contributed by atoms with van der Waals surface area (Å²) >= 11 is 6.62. The standard InChI is InChI=1S/C13H18Br2N2O2S/c1-8-3-4-17(7-9(8)2)20(18,19)13-11(15)5-10(14)6-12(13)16/h5-6,8-9H,3-4,7,16H2,1-2H3. The average Bonchev–Trinajstić information content (AvgIpc) is 2.30. The molecular formula is C13H18Br2N2O2S. The molecule has 0 aromatic heterocycles. The van der Waals surface area contributed by atoms with E-state index in [0.29, 0.717) is 29.4 Å². The zero-order valence-corrected chi connectivity index (χ0v) is 15.4. The number of hydrogen-bond donors (Lipinski definition) is 1. The molecule has 1 aromatic rings. The molecular weight excluding hydrogens is 408 g/mol. The van der Waals surface area contributed by atoms with Gasteiger partial charge in [0.05, 0.1) is 5.69 Å². The molecule has 1 aliphatic heterocycles. The summed E-state index contributed by atoms with van der Waals surface area (Å²) in [6.07, 6.45) is 0.883. The Labute approximate surface area is 137 Å². The van der Waals surface area contributed by atoms with E-state index in [1.807, 2.05) is 0 Å². The number of nitrogen functional groups attached to an aromatic ring is 1. The van der Waals surface area contributed by atoms with Crippen LogP contribution in [0.2, 0.25) is 0 Å². The van der Waals surface area contributed by atoms with Crippen molar-refractivity contribution in [3.05, 3.63) is 21.1 Å². The lowest BCUT2D eigenvalue weighted by atomic mass is 9.90. The quantitative estimate of drug-likeness (QED) is 0.738. The molecule has 4 nitrogen and oxygen atoms in total. The molecule has 112 valence electrons. The van der Waals surface area contributed by atoms with Gasteiger partial charge in [-0.25, -0.2) is 8.42 Å². The molecule has 1 aromatic carbocycles. The van der Waals surface area contributed by atoms with E-state index in [2.05, 4.69) is 45.7 Å². The number of nitrogens with zero attached hydrogens (tertiary/aromatic N) is 1. The van der Waals surface area contributed by atoms with Crippen LogP contribution in [-0.4, -0.2) is 25.8 Å². The molecule has 0 aliphatic carbocycles. The minimum absolute atomic E-state index is 0.169. The molecule has 1 aliphatic rings. The van der Waals surface area contributed by atoms with Gasteiger partial charge in [0.1, 0.15) is 4.90 Å². The Morgan fingerprint density at radius 2 is 1.90 bits per heavy atom. The van der Waals surface area contributed by atoms with Crippen LogP contribution >= 0.6 is 31.9 Å². The van der Waals surface area contributed by atoms with Crippen LogP contribution in [0.1, 0.15) is 20.3 Å². The highest BCUT2D eigenvalue weighted by molar-refractivity contribution is 9.11. The number of halogens is 2. The molecule has 7 heteroatoms. The van der Waals surface area contributed by atoms with Gasteiger partial charge in [-0.1, -0.05) is 29.8 Å². The van der Waals surface area contributed by atoms with Gasteiger partial charge in [-0.2, -0.15) is 4.31 Å². The smallest absolute Gasteiger partial charge is 0.246 e. The molecule has 0 saturated carbocycles. The molecule has 0 bridgehead atoms. The Bertz CT molecular complexity index is 596. The van der Waals surface area contributed by atoms with Gasteiger partial charge in [-0.3, -0.25) is 0 Å². The second-order valence-electron chi connectivity index (χ2n) is 5.41. The zero-order valence-electron chi connectivity index (χ0n) is 11.4. The van der Waals surface area contributed by atoms with Crippen molar-refractivity contribution in [3.63, 3.8) is 0 Å². The minimum atomic E-state index is -3.56. The van der Waals surface area contributed by atoms with Crippen LogP contribution in [0.3, 0.4) is 0 Å². The monoisotopic (exact) mass is 424 g/mol. The third-order valence-electron chi connectivity index (χ3n) is 3.93. The van der Waals surface area contributed by atoms with E-state index in [0.717, 1.165) is 10.9 Å². The van der Waals surface area contributed by atoms with E-state index in [9.17, 15) is 8.42 Å². The fraction of sp³-hybridized carbons (Fsp3) is 0.538. The van der Waals surface area contributed by atoms with Crippen molar-refractivity contribution < 1.29 is 8.42 Å². The fourth-order valence-electron chi connectivity index (χ4n) is 2.42. The predicted octanol–water partition coefficient (Wildman–Crippen LogP) is 3.46. The lowest BCUT2D eigenvalue weighted by Crippen LogP contribution is -2.42. The highest BCUT2D eigenvalue weighted by atomic mass is 79.9. The van der Waals surface area contributed by atoms with Crippen LogP contribution in [-0.2, 0) is 10.0 Å². The molecule has 2 unspecified atom stereocenters. The highest BCUT2D eigenvalue weighted by Gasteiger charge is 2.34. The molecule has 1 fully saturated rings. The summed E-state index contributed by atoms with van der Waals surface area (Å²) in [5, 5.41) is 0. The second-order valence-corrected chi connectivity index (χ2v) is 9.06. The maximum absolute atomic E-state index is 12.8. The number of benzene rings is 1. The summed E-state index contributed by atoms with van der Waals surface area (Å²) in [6, 6.07) is 3.33. The summed E-state index contributed by atoms with van der Waals surface area (Å²) in [4.78, 5) is 0.169. The first-order valence-corrected chi connectivity index (χ1v) is 9.50. The number of piperidine rings is 1. The summed E-state index contributed by atoms with van der Waals surface area (Å²) < 4.78 is 28.4. The maximum Gasteiger partial charge on any atom is 0.246 e. The van der Waals surface area contributed by atoms with Crippen LogP contribution in [0.15, 0.2) is 26.0 Å². The summed E-state index contributed by atoms with van der Waals surface area (Å²) in [6.45, 7) is 5.35. The lowest BCUT2D eigenvalue weighted by molar-refractivity contribution is 0.212. The van der Waals surface area contributed by atoms with E-state index < -0.39 is 10.0 Å². The first kappa shape index (κ1) is 16.3. The highest BCUT2D eigenvalue weighted by Crippen LogP contribution is 2.35. The van der Waals surface area contributed by atoms with Crippen LogP contribution in [0.5, 0.6) is 0 Å². The van der Waals surface area contributed by atoms with E-state index in [-0.39, 0.29) is 10.6 Å². The molecule has 20 heavy (non-hydrogen) atoms. The SMILES string of the molecule is CC1CCN(S(=O)(=O)c2c(N)cc(Br)cc2Br)CC1C. The Kier molecular flexibility index (Phi) is 4.83.